The van der Waals surface area contributed by atoms with Gasteiger partial charge >= 0.3 is 12.1 Å². The van der Waals surface area contributed by atoms with Crippen LogP contribution in [0.5, 0.6) is 0 Å². The van der Waals surface area contributed by atoms with Crippen molar-refractivity contribution in [3.8, 4) is 11.4 Å². The number of halogens is 4. The molecule has 0 aliphatic heterocycles. The molecule has 0 aliphatic carbocycles. The van der Waals surface area contributed by atoms with Gasteiger partial charge in [-0.15, -0.1) is 11.3 Å². The zero-order valence-corrected chi connectivity index (χ0v) is 12.6. The number of carbonyl (C=O) groups is 1. The van der Waals surface area contributed by atoms with Crippen molar-refractivity contribution in [1.29, 1.82) is 0 Å². The third kappa shape index (κ3) is 2.99. The second-order valence-corrected chi connectivity index (χ2v) is 5.94. The van der Waals surface area contributed by atoms with E-state index in [1.807, 2.05) is 0 Å². The van der Waals surface area contributed by atoms with Crippen molar-refractivity contribution >= 4 is 39.1 Å². The van der Waals surface area contributed by atoms with E-state index in [-0.39, 0.29) is 26.8 Å². The van der Waals surface area contributed by atoms with E-state index in [4.69, 9.17) is 16.7 Å². The van der Waals surface area contributed by atoms with Gasteiger partial charge < -0.3 is 5.11 Å². The molecule has 0 saturated carbocycles. The molecule has 0 fully saturated rings. The van der Waals surface area contributed by atoms with Gasteiger partial charge in [-0.3, -0.25) is 0 Å². The van der Waals surface area contributed by atoms with Crippen molar-refractivity contribution in [3.63, 3.8) is 0 Å². The molecule has 0 amide bonds. The molecule has 0 atom stereocenters. The number of hydrogen-bond acceptors (Lipinski definition) is 4. The molecular weight excluding hydrogens is 353 g/mol. The molecule has 0 bridgehead atoms. The van der Waals surface area contributed by atoms with E-state index < -0.39 is 17.0 Å². The fourth-order valence-electron chi connectivity index (χ4n) is 1.92. The van der Waals surface area contributed by atoms with E-state index >= 15 is 0 Å². The molecule has 4 nitrogen and oxygen atoms in total. The highest BCUT2D eigenvalue weighted by Crippen LogP contribution is 2.39. The van der Waals surface area contributed by atoms with E-state index in [0.717, 1.165) is 6.07 Å². The lowest BCUT2D eigenvalue weighted by molar-refractivity contribution is -0.134. The van der Waals surface area contributed by atoms with Crippen molar-refractivity contribution in [3.05, 3.63) is 45.9 Å². The summed E-state index contributed by atoms with van der Waals surface area (Å²) >= 11 is 6.43. The second kappa shape index (κ2) is 5.47. The largest absolute Gasteiger partial charge is 0.478 e. The molecular formula is C14H6ClF3N2O2S. The summed E-state index contributed by atoms with van der Waals surface area (Å²) in [5.41, 5.74) is 0.539. The molecule has 118 valence electrons. The summed E-state index contributed by atoms with van der Waals surface area (Å²) in [6, 6.07) is 6.57. The molecule has 0 saturated heterocycles. The van der Waals surface area contributed by atoms with Crippen molar-refractivity contribution in [2.24, 2.45) is 0 Å². The minimum absolute atomic E-state index is 0.0800. The molecule has 2 heterocycles. The highest BCUT2D eigenvalue weighted by atomic mass is 35.5. The Morgan fingerprint density at radius 3 is 2.39 bits per heavy atom. The zero-order valence-electron chi connectivity index (χ0n) is 11.1. The van der Waals surface area contributed by atoms with Crippen LogP contribution >= 0.6 is 22.9 Å². The number of hydrogen-bond donors (Lipinski definition) is 1. The quantitative estimate of drug-likeness (QED) is 0.673. The van der Waals surface area contributed by atoms with Gasteiger partial charge in [-0.1, -0.05) is 23.7 Å². The standard InChI is InChI=1S/C14H6ClF3N2O2S/c15-10-8-5-9(14(16,17)18)23-12(8)20-11(19-10)6-1-3-7(4-2-6)13(21)22/h1-5H,(H,21,22). The first kappa shape index (κ1) is 15.7. The molecule has 0 unspecified atom stereocenters. The van der Waals surface area contributed by atoms with Crippen LogP contribution in [-0.4, -0.2) is 21.0 Å². The van der Waals surface area contributed by atoms with Gasteiger partial charge in [-0.2, -0.15) is 13.2 Å². The Hall–Kier alpha value is -2.19. The Balaban J connectivity index is 2.10. The first-order valence-corrected chi connectivity index (χ1v) is 7.33. The van der Waals surface area contributed by atoms with Gasteiger partial charge in [0, 0.05) is 10.9 Å². The van der Waals surface area contributed by atoms with Crippen LogP contribution in [-0.2, 0) is 6.18 Å². The lowest BCUT2D eigenvalue weighted by atomic mass is 10.1. The van der Waals surface area contributed by atoms with E-state index in [1.165, 1.54) is 24.3 Å². The first-order chi connectivity index (χ1) is 10.8. The number of carboxylic acids is 1. The fourth-order valence-corrected chi connectivity index (χ4v) is 3.10. The maximum Gasteiger partial charge on any atom is 0.425 e. The summed E-state index contributed by atoms with van der Waals surface area (Å²) in [7, 11) is 0. The number of thiophene rings is 1. The molecule has 1 N–H and O–H groups in total. The average molecular weight is 359 g/mol. The zero-order chi connectivity index (χ0) is 16.8. The Labute approximate surface area is 136 Å². The Morgan fingerprint density at radius 2 is 1.83 bits per heavy atom. The molecule has 23 heavy (non-hydrogen) atoms. The number of rotatable bonds is 2. The highest BCUT2D eigenvalue weighted by molar-refractivity contribution is 7.18. The predicted octanol–water partition coefficient (Wildman–Crippen LogP) is 4.73. The number of benzene rings is 1. The predicted molar refractivity (Wildman–Crippen MR) is 79.8 cm³/mol. The number of aromatic carboxylic acids is 1. The topological polar surface area (TPSA) is 63.1 Å². The van der Waals surface area contributed by atoms with E-state index in [9.17, 15) is 18.0 Å². The molecule has 0 aliphatic rings. The van der Waals surface area contributed by atoms with Crippen LogP contribution in [0, 0.1) is 0 Å². The maximum atomic E-state index is 12.8. The highest BCUT2D eigenvalue weighted by Gasteiger charge is 2.33. The molecule has 9 heteroatoms. The smallest absolute Gasteiger partial charge is 0.425 e. The summed E-state index contributed by atoms with van der Waals surface area (Å²) in [4.78, 5) is 18.2. The van der Waals surface area contributed by atoms with Gasteiger partial charge in [-0.05, 0) is 18.2 Å². The summed E-state index contributed by atoms with van der Waals surface area (Å²) in [6.45, 7) is 0. The van der Waals surface area contributed by atoms with Crippen molar-refractivity contribution in [1.82, 2.24) is 9.97 Å². The van der Waals surface area contributed by atoms with Crippen LogP contribution < -0.4 is 0 Å². The third-order valence-corrected chi connectivity index (χ3v) is 4.38. The van der Waals surface area contributed by atoms with Gasteiger partial charge in [0.2, 0.25) is 0 Å². The number of nitrogens with zero attached hydrogens (tertiary/aromatic N) is 2. The second-order valence-electron chi connectivity index (χ2n) is 4.55. The summed E-state index contributed by atoms with van der Waals surface area (Å²) < 4.78 is 38.3. The Morgan fingerprint density at radius 1 is 1.17 bits per heavy atom. The van der Waals surface area contributed by atoms with E-state index in [0.29, 0.717) is 16.9 Å². The van der Waals surface area contributed by atoms with Crippen LogP contribution in [0.3, 0.4) is 0 Å². The Bertz CT molecular complexity index is 907. The van der Waals surface area contributed by atoms with Gasteiger partial charge in [0.1, 0.15) is 14.9 Å². The van der Waals surface area contributed by atoms with E-state index in [1.54, 1.807) is 0 Å². The molecule has 1 aromatic carbocycles. The van der Waals surface area contributed by atoms with Gasteiger partial charge in [0.15, 0.2) is 5.82 Å². The molecule has 0 spiro atoms. The maximum absolute atomic E-state index is 12.8. The first-order valence-electron chi connectivity index (χ1n) is 6.14. The van der Waals surface area contributed by atoms with Crippen LogP contribution in [0.15, 0.2) is 30.3 Å². The van der Waals surface area contributed by atoms with Crippen molar-refractivity contribution < 1.29 is 23.1 Å². The molecule has 3 rings (SSSR count). The molecule has 2 aromatic heterocycles. The minimum Gasteiger partial charge on any atom is -0.478 e. The van der Waals surface area contributed by atoms with Crippen LogP contribution in [0.25, 0.3) is 21.6 Å². The van der Waals surface area contributed by atoms with Crippen LogP contribution in [0.2, 0.25) is 5.15 Å². The summed E-state index contributed by atoms with van der Waals surface area (Å²) in [5, 5.41) is 8.90. The van der Waals surface area contributed by atoms with Gasteiger partial charge in [0.05, 0.1) is 5.56 Å². The van der Waals surface area contributed by atoms with Crippen molar-refractivity contribution in [2.75, 3.05) is 0 Å². The molecule has 3 aromatic rings. The third-order valence-electron chi connectivity index (χ3n) is 3.02. The monoisotopic (exact) mass is 358 g/mol. The minimum atomic E-state index is -4.47. The molecule has 0 radical (unpaired) electrons. The van der Waals surface area contributed by atoms with Crippen LogP contribution in [0.1, 0.15) is 15.2 Å². The summed E-state index contributed by atoms with van der Waals surface area (Å²) in [6.07, 6.45) is -4.47. The lowest BCUT2D eigenvalue weighted by Gasteiger charge is -2.02. The normalized spacial score (nSPS) is 11.8. The van der Waals surface area contributed by atoms with Gasteiger partial charge in [0.25, 0.3) is 0 Å². The number of fused-ring (bicyclic) bond motifs is 1. The SMILES string of the molecule is O=C(O)c1ccc(-c2nc(Cl)c3cc(C(F)(F)F)sc3n2)cc1. The summed E-state index contributed by atoms with van der Waals surface area (Å²) in [5.74, 6) is -0.950. The van der Waals surface area contributed by atoms with Crippen molar-refractivity contribution in [2.45, 2.75) is 6.18 Å². The number of aromatic nitrogens is 2. The average Bonchev–Trinajstić information content (AvgIpc) is 2.92. The van der Waals surface area contributed by atoms with E-state index in [2.05, 4.69) is 9.97 Å². The Kier molecular flexibility index (Phi) is 3.73. The number of carboxylic acid groups (broad SMARTS) is 1. The number of alkyl halides is 3. The van der Waals surface area contributed by atoms with Crippen LogP contribution in [0.4, 0.5) is 13.2 Å². The fraction of sp³-hybridized carbons (Fsp3) is 0.0714. The lowest BCUT2D eigenvalue weighted by Crippen LogP contribution is -2.00. The van der Waals surface area contributed by atoms with Gasteiger partial charge in [-0.25, -0.2) is 14.8 Å².